The van der Waals surface area contributed by atoms with Crippen LogP contribution in [0.15, 0.2) is 34.9 Å². The number of rotatable bonds is 2. The fourth-order valence-corrected chi connectivity index (χ4v) is 1.22. The molecule has 0 unspecified atom stereocenters. The molecule has 2 aromatic rings. The van der Waals surface area contributed by atoms with Gasteiger partial charge in [0.2, 0.25) is 11.7 Å². The zero-order valence-corrected chi connectivity index (χ0v) is 8.23. The normalized spacial score (nSPS) is 10.2. The molecule has 76 valence electrons. The van der Waals surface area contributed by atoms with Gasteiger partial charge >= 0.3 is 5.97 Å². The number of halogens is 1. The predicted molar refractivity (Wildman–Crippen MR) is 53.9 cm³/mol. The van der Waals surface area contributed by atoms with Crippen LogP contribution in [0, 0.1) is 0 Å². The van der Waals surface area contributed by atoms with Crippen LogP contribution in [-0.2, 0) is 0 Å². The minimum atomic E-state index is -1.14. The topological polar surface area (TPSA) is 63.3 Å². The van der Waals surface area contributed by atoms with Crippen LogP contribution < -0.4 is 0 Å². The van der Waals surface area contributed by atoms with Crippen LogP contribution in [0.1, 0.15) is 10.6 Å². The molecular weight excluding hydrogens is 218 g/mol. The Morgan fingerprint density at radius 2 is 2.00 bits per heavy atom. The highest BCUT2D eigenvalue weighted by Gasteiger charge is 2.11. The van der Waals surface area contributed by atoms with Crippen LogP contribution in [0.5, 0.6) is 0 Å². The summed E-state index contributed by atoms with van der Waals surface area (Å²) in [6, 6.07) is 6.78. The molecule has 0 aliphatic carbocycles. The van der Waals surface area contributed by atoms with Crippen molar-refractivity contribution >= 4 is 17.6 Å². The van der Waals surface area contributed by atoms with Crippen LogP contribution in [0.4, 0.5) is 0 Å². The van der Waals surface area contributed by atoms with E-state index in [4.69, 9.17) is 21.1 Å². The molecule has 15 heavy (non-hydrogen) atoms. The van der Waals surface area contributed by atoms with Crippen molar-refractivity contribution in [1.29, 1.82) is 0 Å². The van der Waals surface area contributed by atoms with Gasteiger partial charge in [-0.25, -0.2) is 9.78 Å². The number of carboxylic acids is 1. The molecule has 0 radical (unpaired) electrons. The molecule has 0 saturated heterocycles. The van der Waals surface area contributed by atoms with Gasteiger partial charge in [-0.05, 0) is 24.3 Å². The summed E-state index contributed by atoms with van der Waals surface area (Å²) in [6.07, 6.45) is 1.17. The Labute approximate surface area is 90.1 Å². The number of oxazole rings is 1. The van der Waals surface area contributed by atoms with Gasteiger partial charge in [0, 0.05) is 10.6 Å². The number of nitrogens with zero attached hydrogens (tertiary/aromatic N) is 1. The Morgan fingerprint density at radius 1 is 1.33 bits per heavy atom. The highest BCUT2D eigenvalue weighted by molar-refractivity contribution is 6.30. The molecule has 0 spiro atoms. The molecule has 1 aromatic heterocycles. The minimum absolute atomic E-state index is 0.181. The number of aromatic nitrogens is 1. The molecule has 0 fully saturated rings. The number of aromatic carboxylic acids is 1. The van der Waals surface area contributed by atoms with Crippen LogP contribution in [-0.4, -0.2) is 16.1 Å². The second-order valence-corrected chi connectivity index (χ2v) is 3.28. The van der Waals surface area contributed by atoms with E-state index >= 15 is 0 Å². The van der Waals surface area contributed by atoms with Gasteiger partial charge in [0.25, 0.3) is 0 Å². The van der Waals surface area contributed by atoms with E-state index in [1.807, 2.05) is 0 Å². The zero-order valence-electron chi connectivity index (χ0n) is 7.48. The average molecular weight is 224 g/mol. The summed E-state index contributed by atoms with van der Waals surface area (Å²) in [7, 11) is 0. The first-order valence-electron chi connectivity index (χ1n) is 4.12. The Morgan fingerprint density at radius 3 is 2.53 bits per heavy atom. The van der Waals surface area contributed by atoms with Crippen molar-refractivity contribution in [3.63, 3.8) is 0 Å². The maximum absolute atomic E-state index is 10.5. The van der Waals surface area contributed by atoms with Crippen LogP contribution in [0.2, 0.25) is 5.02 Å². The molecule has 0 bridgehead atoms. The van der Waals surface area contributed by atoms with Gasteiger partial charge < -0.3 is 9.52 Å². The maximum Gasteiger partial charge on any atom is 0.373 e. The summed E-state index contributed by atoms with van der Waals surface area (Å²) in [5, 5.41) is 9.24. The molecule has 0 aliphatic heterocycles. The first-order valence-corrected chi connectivity index (χ1v) is 4.49. The van der Waals surface area contributed by atoms with Gasteiger partial charge in [0.15, 0.2) is 0 Å². The lowest BCUT2D eigenvalue weighted by Crippen LogP contribution is -1.91. The number of hydrogen-bond donors (Lipinski definition) is 1. The quantitative estimate of drug-likeness (QED) is 0.850. The highest BCUT2D eigenvalue weighted by atomic mass is 35.5. The van der Waals surface area contributed by atoms with E-state index < -0.39 is 5.97 Å². The van der Waals surface area contributed by atoms with Crippen molar-refractivity contribution in [2.45, 2.75) is 0 Å². The van der Waals surface area contributed by atoms with E-state index in [1.54, 1.807) is 24.3 Å². The molecule has 0 aliphatic rings. The number of carbonyl (C=O) groups is 1. The van der Waals surface area contributed by atoms with Crippen molar-refractivity contribution in [2.24, 2.45) is 0 Å². The zero-order chi connectivity index (χ0) is 10.8. The summed E-state index contributed by atoms with van der Waals surface area (Å²) in [5.74, 6) is -1.05. The van der Waals surface area contributed by atoms with Crippen molar-refractivity contribution < 1.29 is 14.3 Å². The van der Waals surface area contributed by atoms with Crippen molar-refractivity contribution in [3.8, 4) is 11.5 Å². The van der Waals surface area contributed by atoms with E-state index in [0.717, 1.165) is 0 Å². The molecule has 1 heterocycles. The summed E-state index contributed by atoms with van der Waals surface area (Å²) >= 11 is 5.71. The van der Waals surface area contributed by atoms with Gasteiger partial charge in [-0.15, -0.1) is 0 Å². The largest absolute Gasteiger partial charge is 0.475 e. The second-order valence-electron chi connectivity index (χ2n) is 2.84. The number of hydrogen-bond acceptors (Lipinski definition) is 3. The second kappa shape index (κ2) is 3.74. The summed E-state index contributed by atoms with van der Waals surface area (Å²) in [6.45, 7) is 0. The number of carboxylic acid groups (broad SMARTS) is 1. The third-order valence-corrected chi connectivity index (χ3v) is 2.06. The van der Waals surface area contributed by atoms with E-state index in [1.165, 1.54) is 6.20 Å². The molecule has 2 rings (SSSR count). The van der Waals surface area contributed by atoms with Gasteiger partial charge in [0.05, 0.1) is 6.20 Å². The fourth-order valence-electron chi connectivity index (χ4n) is 1.10. The maximum atomic E-state index is 10.5. The smallest absolute Gasteiger partial charge is 0.373 e. The highest BCUT2D eigenvalue weighted by Crippen LogP contribution is 2.21. The monoisotopic (exact) mass is 223 g/mol. The SMILES string of the molecule is O=C(O)c1cnc(-c2ccc(Cl)cc2)o1. The predicted octanol–water partition coefficient (Wildman–Crippen LogP) is 2.69. The Balaban J connectivity index is 2.37. The van der Waals surface area contributed by atoms with E-state index in [2.05, 4.69) is 4.98 Å². The fraction of sp³-hybridized carbons (Fsp3) is 0. The van der Waals surface area contributed by atoms with Crippen LogP contribution in [0.3, 0.4) is 0 Å². The van der Waals surface area contributed by atoms with Crippen LogP contribution >= 0.6 is 11.6 Å². The summed E-state index contributed by atoms with van der Waals surface area (Å²) in [5.41, 5.74) is 0.687. The third kappa shape index (κ3) is 1.99. The van der Waals surface area contributed by atoms with E-state index in [0.29, 0.717) is 10.6 Å². The lowest BCUT2D eigenvalue weighted by Gasteiger charge is -1.94. The number of benzene rings is 1. The van der Waals surface area contributed by atoms with Gasteiger partial charge in [-0.2, -0.15) is 0 Å². The molecule has 0 atom stereocenters. The van der Waals surface area contributed by atoms with E-state index in [-0.39, 0.29) is 11.7 Å². The Hall–Kier alpha value is -1.81. The Kier molecular flexibility index (Phi) is 2.43. The van der Waals surface area contributed by atoms with Crippen molar-refractivity contribution in [3.05, 3.63) is 41.2 Å². The molecular formula is C10H6ClNO3. The standard InChI is InChI=1S/C10H6ClNO3/c11-7-3-1-6(2-4-7)9-12-5-8(15-9)10(13)14/h1-5H,(H,13,14). The molecule has 4 nitrogen and oxygen atoms in total. The van der Waals surface area contributed by atoms with E-state index in [9.17, 15) is 4.79 Å². The van der Waals surface area contributed by atoms with Crippen molar-refractivity contribution in [2.75, 3.05) is 0 Å². The van der Waals surface area contributed by atoms with Crippen LogP contribution in [0.25, 0.3) is 11.5 Å². The first kappa shape index (κ1) is 9.73. The molecule has 1 aromatic carbocycles. The van der Waals surface area contributed by atoms with Crippen molar-refractivity contribution in [1.82, 2.24) is 4.98 Å². The molecule has 5 heteroatoms. The van der Waals surface area contributed by atoms with Gasteiger partial charge in [-0.3, -0.25) is 0 Å². The lowest BCUT2D eigenvalue weighted by atomic mass is 10.2. The summed E-state index contributed by atoms with van der Waals surface area (Å²) in [4.78, 5) is 14.4. The van der Waals surface area contributed by atoms with Gasteiger partial charge in [0.1, 0.15) is 0 Å². The third-order valence-electron chi connectivity index (χ3n) is 1.81. The first-order chi connectivity index (χ1) is 7.16. The minimum Gasteiger partial charge on any atom is -0.475 e. The Bertz CT molecular complexity index is 490. The van der Waals surface area contributed by atoms with Gasteiger partial charge in [-0.1, -0.05) is 11.6 Å². The molecule has 1 N–H and O–H groups in total. The average Bonchev–Trinajstić information content (AvgIpc) is 2.68. The molecule has 0 amide bonds. The summed E-state index contributed by atoms with van der Waals surface area (Å²) < 4.78 is 5.02. The molecule has 0 saturated carbocycles. The lowest BCUT2D eigenvalue weighted by molar-refractivity contribution is 0.0663.